The van der Waals surface area contributed by atoms with Crippen molar-refractivity contribution < 1.29 is 53.4 Å². The average molecular weight is 783 g/mol. The van der Waals surface area contributed by atoms with Crippen molar-refractivity contribution in [2.75, 3.05) is 13.2 Å². The van der Waals surface area contributed by atoms with E-state index in [4.69, 9.17) is 9.47 Å². The molecule has 0 aromatic heterocycles. The van der Waals surface area contributed by atoms with Crippen molar-refractivity contribution in [1.29, 1.82) is 0 Å². The number of ether oxygens (including phenoxy) is 2. The molecular weight excluding hydrogens is 750 g/mol. The van der Waals surface area contributed by atoms with Crippen molar-refractivity contribution in [3.8, 4) is 56.0 Å². The molecule has 2 nitrogen and oxygen atoms in total. The van der Waals surface area contributed by atoms with Gasteiger partial charge in [-0.2, -0.15) is 0 Å². The molecule has 6 aromatic rings. The molecule has 6 aromatic carbocycles. The van der Waals surface area contributed by atoms with E-state index in [1.807, 2.05) is 0 Å². The Balaban J connectivity index is 0.931. The Bertz CT molecular complexity index is 2170. The van der Waals surface area contributed by atoms with Gasteiger partial charge in [-0.1, -0.05) is 31.2 Å². The lowest BCUT2D eigenvalue weighted by molar-refractivity contribution is 0.273. The summed E-state index contributed by atoms with van der Waals surface area (Å²) < 4.78 is 152. The van der Waals surface area contributed by atoms with Gasteiger partial charge in [0.05, 0.1) is 13.2 Å². The molecule has 0 radical (unpaired) electrons. The Morgan fingerprint density at radius 1 is 0.375 bits per heavy atom. The van der Waals surface area contributed by atoms with Gasteiger partial charge < -0.3 is 9.47 Å². The molecule has 0 atom stereocenters. The van der Waals surface area contributed by atoms with Crippen LogP contribution in [0.15, 0.2) is 97.1 Å². The molecule has 0 saturated heterocycles. The molecule has 0 aliphatic heterocycles. The summed E-state index contributed by atoms with van der Waals surface area (Å²) in [5.74, 6) is -11.4. The highest BCUT2D eigenvalue weighted by atomic mass is 19.2. The van der Waals surface area contributed by atoms with Gasteiger partial charge in [0.1, 0.15) is 34.8 Å². The summed E-state index contributed by atoms with van der Waals surface area (Å²) in [6, 6.07) is 18.3. The maximum atomic E-state index is 15.0. The summed E-state index contributed by atoms with van der Waals surface area (Å²) in [6.45, 7) is 2.69. The zero-order chi connectivity index (χ0) is 40.1. The van der Waals surface area contributed by atoms with Crippen LogP contribution in [0.4, 0.5) is 43.9 Å². The van der Waals surface area contributed by atoms with E-state index >= 15 is 0 Å². The fraction of sp³-hybridized carbons (Fsp3) is 0.182. The zero-order valence-corrected chi connectivity index (χ0v) is 29.7. The van der Waals surface area contributed by atoms with E-state index in [9.17, 15) is 43.9 Å². The molecule has 0 spiro atoms. The standard InChI is InChI=1S/C44H32F10O2/c1-24(4-2-14-55-29-8-12-31(37(47)22-29)25-6-10-33(35(45)16-25)27-18-39(49)43(53)40(50)19-27)5-3-15-56-30-9-13-32(38(48)23-30)26-7-11-34(36(46)17-26)28-20-41(51)44(54)42(52)21-28/h6-13,16-24H,2-5,14-15H2,1H3. The third kappa shape index (κ3) is 9.18. The first-order valence-electron chi connectivity index (χ1n) is 17.5. The van der Waals surface area contributed by atoms with Gasteiger partial charge in [-0.05, 0) is 115 Å². The smallest absolute Gasteiger partial charge is 0.194 e. The summed E-state index contributed by atoms with van der Waals surface area (Å²) in [5.41, 5.74) is -0.232. The van der Waals surface area contributed by atoms with Crippen LogP contribution >= 0.6 is 0 Å². The van der Waals surface area contributed by atoms with E-state index in [-0.39, 0.29) is 56.0 Å². The van der Waals surface area contributed by atoms with Crippen LogP contribution in [0.2, 0.25) is 0 Å². The van der Waals surface area contributed by atoms with Crippen molar-refractivity contribution in [3.05, 3.63) is 155 Å². The Hall–Kier alpha value is -5.78. The van der Waals surface area contributed by atoms with Gasteiger partial charge in [0.15, 0.2) is 34.9 Å². The van der Waals surface area contributed by atoms with Crippen LogP contribution in [0.3, 0.4) is 0 Å². The quantitative estimate of drug-likeness (QED) is 0.0622. The van der Waals surface area contributed by atoms with Crippen LogP contribution in [0, 0.1) is 64.1 Å². The van der Waals surface area contributed by atoms with Crippen LogP contribution in [0.25, 0.3) is 44.5 Å². The Morgan fingerprint density at radius 3 is 1.02 bits per heavy atom. The van der Waals surface area contributed by atoms with Gasteiger partial charge in [0.2, 0.25) is 0 Å². The number of hydrogen-bond acceptors (Lipinski definition) is 2. The van der Waals surface area contributed by atoms with Gasteiger partial charge in [-0.25, -0.2) is 43.9 Å². The van der Waals surface area contributed by atoms with E-state index in [0.29, 0.717) is 56.2 Å². The maximum Gasteiger partial charge on any atom is 0.194 e. The lowest BCUT2D eigenvalue weighted by Crippen LogP contribution is -2.05. The summed E-state index contributed by atoms with van der Waals surface area (Å²) in [6.07, 6.45) is 2.96. The fourth-order valence-electron chi connectivity index (χ4n) is 6.28. The minimum atomic E-state index is -1.66. The van der Waals surface area contributed by atoms with Gasteiger partial charge in [-0.15, -0.1) is 0 Å². The van der Waals surface area contributed by atoms with E-state index in [0.717, 1.165) is 25.0 Å². The van der Waals surface area contributed by atoms with Crippen LogP contribution in [0.1, 0.15) is 32.6 Å². The van der Waals surface area contributed by atoms with Crippen molar-refractivity contribution in [3.63, 3.8) is 0 Å². The van der Waals surface area contributed by atoms with Crippen molar-refractivity contribution in [2.24, 2.45) is 5.92 Å². The number of hydrogen-bond donors (Lipinski definition) is 0. The summed E-state index contributed by atoms with van der Waals surface area (Å²) in [5, 5.41) is 0. The predicted octanol–water partition coefficient (Wildman–Crippen LogP) is 13.4. The number of rotatable bonds is 14. The third-order valence-electron chi connectivity index (χ3n) is 9.25. The summed E-state index contributed by atoms with van der Waals surface area (Å²) in [7, 11) is 0. The minimum Gasteiger partial charge on any atom is -0.493 e. The second kappa shape index (κ2) is 17.3. The first-order chi connectivity index (χ1) is 26.8. The van der Waals surface area contributed by atoms with E-state index < -0.39 is 58.2 Å². The predicted molar refractivity (Wildman–Crippen MR) is 193 cm³/mol. The molecule has 0 N–H and O–H groups in total. The first-order valence-corrected chi connectivity index (χ1v) is 17.5. The van der Waals surface area contributed by atoms with Gasteiger partial charge in [0, 0.05) is 34.4 Å². The normalized spacial score (nSPS) is 11.4. The fourth-order valence-corrected chi connectivity index (χ4v) is 6.28. The molecule has 56 heavy (non-hydrogen) atoms. The lowest BCUT2D eigenvalue weighted by atomic mass is 9.99. The molecule has 0 aliphatic rings. The summed E-state index contributed by atoms with van der Waals surface area (Å²) >= 11 is 0. The highest BCUT2D eigenvalue weighted by molar-refractivity contribution is 5.73. The van der Waals surface area contributed by atoms with Gasteiger partial charge >= 0.3 is 0 Å². The largest absolute Gasteiger partial charge is 0.493 e. The van der Waals surface area contributed by atoms with Crippen LogP contribution in [-0.4, -0.2) is 13.2 Å². The second-order valence-electron chi connectivity index (χ2n) is 13.3. The molecular formula is C44H32F10O2. The molecule has 0 bridgehead atoms. The Kier molecular flexibility index (Phi) is 12.4. The van der Waals surface area contributed by atoms with E-state index in [1.165, 1.54) is 48.5 Å². The van der Waals surface area contributed by atoms with Crippen LogP contribution in [0.5, 0.6) is 11.5 Å². The Labute approximate surface area is 316 Å². The van der Waals surface area contributed by atoms with Crippen molar-refractivity contribution in [2.45, 2.75) is 32.6 Å². The molecule has 0 saturated carbocycles. The topological polar surface area (TPSA) is 18.5 Å². The highest BCUT2D eigenvalue weighted by Gasteiger charge is 2.18. The second-order valence-corrected chi connectivity index (χ2v) is 13.3. The van der Waals surface area contributed by atoms with Crippen molar-refractivity contribution in [1.82, 2.24) is 0 Å². The van der Waals surface area contributed by atoms with Gasteiger partial charge in [0.25, 0.3) is 0 Å². The number of benzene rings is 6. The maximum absolute atomic E-state index is 15.0. The molecule has 12 heteroatoms. The molecule has 6 rings (SSSR count). The summed E-state index contributed by atoms with van der Waals surface area (Å²) in [4.78, 5) is 0. The minimum absolute atomic E-state index is 0.0813. The first kappa shape index (κ1) is 39.9. The van der Waals surface area contributed by atoms with Gasteiger partial charge in [-0.3, -0.25) is 0 Å². The van der Waals surface area contributed by atoms with Crippen molar-refractivity contribution >= 4 is 0 Å². The van der Waals surface area contributed by atoms with E-state index in [2.05, 4.69) is 6.92 Å². The molecule has 0 fully saturated rings. The highest BCUT2D eigenvalue weighted by Crippen LogP contribution is 2.34. The Morgan fingerprint density at radius 2 is 0.679 bits per heavy atom. The molecule has 0 aliphatic carbocycles. The van der Waals surface area contributed by atoms with Crippen LogP contribution in [-0.2, 0) is 0 Å². The molecule has 0 heterocycles. The molecule has 0 unspecified atom stereocenters. The van der Waals surface area contributed by atoms with E-state index in [1.54, 1.807) is 12.1 Å². The monoisotopic (exact) mass is 782 g/mol. The molecule has 290 valence electrons. The SMILES string of the molecule is CC(CCCOc1ccc(-c2ccc(-c3cc(F)c(F)c(F)c3)c(F)c2)c(F)c1)CCCOc1ccc(-c2ccc(-c3cc(F)c(F)c(F)c3)c(F)c2)c(F)c1. The number of halogens is 10. The van der Waals surface area contributed by atoms with Crippen LogP contribution < -0.4 is 9.47 Å². The lowest BCUT2D eigenvalue weighted by Gasteiger charge is -2.14. The molecule has 0 amide bonds. The average Bonchev–Trinajstić information content (AvgIpc) is 3.16. The zero-order valence-electron chi connectivity index (χ0n) is 29.7. The third-order valence-corrected chi connectivity index (χ3v) is 9.25.